The van der Waals surface area contributed by atoms with Crippen LogP contribution in [0.3, 0.4) is 0 Å². The zero-order valence-electron chi connectivity index (χ0n) is 11.9. The maximum atomic E-state index is 13.4. The van der Waals surface area contributed by atoms with Crippen molar-refractivity contribution in [3.63, 3.8) is 0 Å². The molecule has 110 valence electrons. The first-order chi connectivity index (χ1) is 10.1. The molecule has 0 spiro atoms. The van der Waals surface area contributed by atoms with E-state index < -0.39 is 0 Å². The minimum Gasteiger partial charge on any atom is -0.344 e. The quantitative estimate of drug-likeness (QED) is 0.875. The van der Waals surface area contributed by atoms with Gasteiger partial charge in [-0.25, -0.2) is 4.39 Å². The molecular formula is C17H18ClFN2. The molecule has 0 unspecified atom stereocenters. The van der Waals surface area contributed by atoms with Gasteiger partial charge in [-0.3, -0.25) is 0 Å². The summed E-state index contributed by atoms with van der Waals surface area (Å²) in [6, 6.07) is 13.1. The van der Waals surface area contributed by atoms with E-state index in [4.69, 9.17) is 11.6 Å². The van der Waals surface area contributed by atoms with Crippen molar-refractivity contribution in [3.05, 3.63) is 58.9 Å². The Kier molecular flexibility index (Phi) is 4.13. The lowest BCUT2D eigenvalue weighted by Gasteiger charge is -2.23. The molecule has 1 aliphatic carbocycles. The number of halogens is 2. The molecule has 2 aromatic carbocycles. The Morgan fingerprint density at radius 1 is 1.24 bits per heavy atom. The molecule has 21 heavy (non-hydrogen) atoms. The van der Waals surface area contributed by atoms with Gasteiger partial charge in [0.15, 0.2) is 0 Å². The number of nitrogens with one attached hydrogen (secondary N) is 1. The predicted molar refractivity (Wildman–Crippen MR) is 85.8 cm³/mol. The summed E-state index contributed by atoms with van der Waals surface area (Å²) in [6.45, 7) is 0.802. The van der Waals surface area contributed by atoms with Gasteiger partial charge < -0.3 is 10.2 Å². The van der Waals surface area contributed by atoms with E-state index in [-0.39, 0.29) is 5.82 Å². The van der Waals surface area contributed by atoms with Gasteiger partial charge in [-0.15, -0.1) is 0 Å². The third-order valence-corrected chi connectivity index (χ3v) is 4.00. The molecule has 4 heteroatoms. The van der Waals surface area contributed by atoms with Crippen molar-refractivity contribution in [2.45, 2.75) is 25.4 Å². The highest BCUT2D eigenvalue weighted by Gasteiger charge is 2.21. The molecule has 1 N–H and O–H groups in total. The lowest BCUT2D eigenvalue weighted by atomic mass is 10.1. The van der Waals surface area contributed by atoms with Gasteiger partial charge in [0.05, 0.1) is 0 Å². The fourth-order valence-corrected chi connectivity index (χ4v) is 2.53. The SMILES string of the molecule is CN(c1cccc(F)c1)c1cc(Cl)ccc1CNC1CC1. The Balaban J connectivity index is 1.89. The monoisotopic (exact) mass is 304 g/mol. The predicted octanol–water partition coefficient (Wildman–Crippen LogP) is 4.50. The third kappa shape index (κ3) is 3.55. The molecule has 0 heterocycles. The molecule has 0 atom stereocenters. The summed E-state index contributed by atoms with van der Waals surface area (Å²) in [4.78, 5) is 1.97. The van der Waals surface area contributed by atoms with Crippen molar-refractivity contribution in [2.24, 2.45) is 0 Å². The minimum absolute atomic E-state index is 0.237. The fourth-order valence-electron chi connectivity index (χ4n) is 2.36. The van der Waals surface area contributed by atoms with E-state index in [2.05, 4.69) is 5.32 Å². The Morgan fingerprint density at radius 2 is 2.05 bits per heavy atom. The summed E-state index contributed by atoms with van der Waals surface area (Å²) in [6.07, 6.45) is 2.51. The van der Waals surface area contributed by atoms with Crippen LogP contribution in [0.1, 0.15) is 18.4 Å². The Labute approximate surface area is 129 Å². The first-order valence-electron chi connectivity index (χ1n) is 7.14. The molecular weight excluding hydrogens is 287 g/mol. The molecule has 0 amide bonds. The molecule has 0 aromatic heterocycles. The lowest BCUT2D eigenvalue weighted by Crippen LogP contribution is -2.19. The molecule has 1 aliphatic rings. The highest BCUT2D eigenvalue weighted by molar-refractivity contribution is 6.30. The first kappa shape index (κ1) is 14.4. The number of nitrogens with zero attached hydrogens (tertiary/aromatic N) is 1. The van der Waals surface area contributed by atoms with Crippen molar-refractivity contribution in [3.8, 4) is 0 Å². The van der Waals surface area contributed by atoms with E-state index in [9.17, 15) is 4.39 Å². The minimum atomic E-state index is -0.237. The lowest BCUT2D eigenvalue weighted by molar-refractivity contribution is 0.628. The third-order valence-electron chi connectivity index (χ3n) is 3.76. The summed E-state index contributed by atoms with van der Waals surface area (Å²) in [5, 5.41) is 4.19. The molecule has 2 aromatic rings. The molecule has 0 aliphatic heterocycles. The van der Waals surface area contributed by atoms with E-state index in [1.54, 1.807) is 6.07 Å². The van der Waals surface area contributed by atoms with E-state index >= 15 is 0 Å². The van der Waals surface area contributed by atoms with Gasteiger partial charge in [-0.2, -0.15) is 0 Å². The van der Waals surface area contributed by atoms with Gasteiger partial charge in [0.25, 0.3) is 0 Å². The zero-order valence-corrected chi connectivity index (χ0v) is 12.7. The normalized spacial score (nSPS) is 14.2. The summed E-state index contributed by atoms with van der Waals surface area (Å²) in [7, 11) is 1.93. The Bertz CT molecular complexity index is 640. The summed E-state index contributed by atoms with van der Waals surface area (Å²) >= 11 is 6.13. The second-order valence-electron chi connectivity index (χ2n) is 5.47. The van der Waals surface area contributed by atoms with Gasteiger partial charge >= 0.3 is 0 Å². The fraction of sp³-hybridized carbons (Fsp3) is 0.294. The standard InChI is InChI=1S/C17H18ClFN2/c1-21(16-4-2-3-14(19)10-16)17-9-13(18)6-5-12(17)11-20-15-7-8-15/h2-6,9-10,15,20H,7-8,11H2,1H3. The molecule has 1 saturated carbocycles. The van der Waals surface area contributed by atoms with Crippen LogP contribution in [0, 0.1) is 5.82 Å². The second kappa shape index (κ2) is 6.04. The number of hydrogen-bond donors (Lipinski definition) is 1. The van der Waals surface area contributed by atoms with Crippen LogP contribution in [0.4, 0.5) is 15.8 Å². The molecule has 3 rings (SSSR count). The zero-order chi connectivity index (χ0) is 14.8. The molecule has 0 saturated heterocycles. The average molecular weight is 305 g/mol. The van der Waals surface area contributed by atoms with Crippen molar-refractivity contribution >= 4 is 23.0 Å². The Hall–Kier alpha value is -1.58. The summed E-state index contributed by atoms with van der Waals surface area (Å²) in [5.74, 6) is -0.237. The first-order valence-corrected chi connectivity index (χ1v) is 7.52. The maximum absolute atomic E-state index is 13.4. The molecule has 1 fully saturated rings. The van der Waals surface area contributed by atoms with E-state index in [1.165, 1.54) is 25.0 Å². The van der Waals surface area contributed by atoms with E-state index in [0.717, 1.165) is 23.5 Å². The topological polar surface area (TPSA) is 15.3 Å². The second-order valence-corrected chi connectivity index (χ2v) is 5.90. The van der Waals surface area contributed by atoms with Crippen LogP contribution in [-0.4, -0.2) is 13.1 Å². The van der Waals surface area contributed by atoms with Crippen LogP contribution in [0.2, 0.25) is 5.02 Å². The smallest absolute Gasteiger partial charge is 0.125 e. The number of hydrogen-bond acceptors (Lipinski definition) is 2. The van der Waals surface area contributed by atoms with Gasteiger partial charge in [-0.05, 0) is 48.7 Å². The van der Waals surface area contributed by atoms with Gasteiger partial charge in [0.1, 0.15) is 5.82 Å². The van der Waals surface area contributed by atoms with Crippen LogP contribution in [0.25, 0.3) is 0 Å². The molecule has 0 radical (unpaired) electrons. The van der Waals surface area contributed by atoms with Gasteiger partial charge in [-0.1, -0.05) is 23.7 Å². The van der Waals surface area contributed by atoms with E-state index in [0.29, 0.717) is 11.1 Å². The number of anilines is 2. The van der Waals surface area contributed by atoms with Crippen LogP contribution in [-0.2, 0) is 6.54 Å². The van der Waals surface area contributed by atoms with Crippen LogP contribution < -0.4 is 10.2 Å². The highest BCUT2D eigenvalue weighted by Crippen LogP contribution is 2.31. The van der Waals surface area contributed by atoms with Gasteiger partial charge in [0.2, 0.25) is 0 Å². The Morgan fingerprint density at radius 3 is 2.76 bits per heavy atom. The largest absolute Gasteiger partial charge is 0.344 e. The van der Waals surface area contributed by atoms with E-state index in [1.807, 2.05) is 36.2 Å². The van der Waals surface area contributed by atoms with Crippen LogP contribution in [0.5, 0.6) is 0 Å². The van der Waals surface area contributed by atoms with Gasteiger partial charge in [0, 0.05) is 36.0 Å². The number of benzene rings is 2. The van der Waals surface area contributed by atoms with Crippen molar-refractivity contribution in [1.29, 1.82) is 0 Å². The van der Waals surface area contributed by atoms with Crippen molar-refractivity contribution < 1.29 is 4.39 Å². The molecule has 2 nitrogen and oxygen atoms in total. The average Bonchev–Trinajstić information content (AvgIpc) is 3.29. The molecule has 0 bridgehead atoms. The number of rotatable bonds is 5. The maximum Gasteiger partial charge on any atom is 0.125 e. The van der Waals surface area contributed by atoms with Crippen LogP contribution >= 0.6 is 11.6 Å². The van der Waals surface area contributed by atoms with Crippen LogP contribution in [0.15, 0.2) is 42.5 Å². The highest BCUT2D eigenvalue weighted by atomic mass is 35.5. The van der Waals surface area contributed by atoms with Crippen molar-refractivity contribution in [1.82, 2.24) is 5.32 Å². The van der Waals surface area contributed by atoms with Crippen molar-refractivity contribution in [2.75, 3.05) is 11.9 Å². The summed E-state index contributed by atoms with van der Waals surface area (Å²) in [5.41, 5.74) is 2.98. The summed E-state index contributed by atoms with van der Waals surface area (Å²) < 4.78 is 13.4.